The minimum Gasteiger partial charge on any atom is -0.395 e. The Balaban J connectivity index is 2.41. The van der Waals surface area contributed by atoms with Gasteiger partial charge in [-0.2, -0.15) is 0 Å². The summed E-state index contributed by atoms with van der Waals surface area (Å²) in [6, 6.07) is 0.336. The molecule has 66 valence electrons. The number of hydrogen-bond acceptors (Lipinski definition) is 3. The topological polar surface area (TPSA) is 35.5 Å². The van der Waals surface area contributed by atoms with Crippen molar-refractivity contribution in [1.29, 1.82) is 0 Å². The van der Waals surface area contributed by atoms with Crippen LogP contribution in [0.15, 0.2) is 0 Å². The van der Waals surface area contributed by atoms with Crippen LogP contribution in [0.4, 0.5) is 0 Å². The SMILES string of the molecule is CCN1CCCNCC1CO. The molecule has 0 saturated carbocycles. The normalized spacial score (nSPS) is 28.4. The number of rotatable bonds is 2. The van der Waals surface area contributed by atoms with Crippen LogP contribution in [0.5, 0.6) is 0 Å². The quantitative estimate of drug-likeness (QED) is 0.577. The van der Waals surface area contributed by atoms with Gasteiger partial charge in [-0.1, -0.05) is 6.92 Å². The van der Waals surface area contributed by atoms with Gasteiger partial charge in [-0.05, 0) is 26.1 Å². The van der Waals surface area contributed by atoms with Gasteiger partial charge in [-0.15, -0.1) is 0 Å². The predicted molar refractivity (Wildman–Crippen MR) is 45.6 cm³/mol. The first-order valence-electron chi connectivity index (χ1n) is 4.44. The van der Waals surface area contributed by atoms with Crippen LogP contribution >= 0.6 is 0 Å². The zero-order valence-corrected chi connectivity index (χ0v) is 7.21. The van der Waals surface area contributed by atoms with Crippen LogP contribution < -0.4 is 5.32 Å². The predicted octanol–water partition coefficient (Wildman–Crippen LogP) is -0.338. The molecule has 0 aromatic rings. The second-order valence-electron chi connectivity index (χ2n) is 3.02. The highest BCUT2D eigenvalue weighted by Crippen LogP contribution is 2.02. The zero-order valence-electron chi connectivity index (χ0n) is 7.21. The molecule has 0 amide bonds. The Labute approximate surface area is 68.4 Å². The Kier molecular flexibility index (Phi) is 3.83. The minimum atomic E-state index is 0.279. The van der Waals surface area contributed by atoms with Gasteiger partial charge in [0.05, 0.1) is 6.61 Å². The Morgan fingerprint density at radius 3 is 3.09 bits per heavy atom. The molecule has 0 aliphatic carbocycles. The lowest BCUT2D eigenvalue weighted by molar-refractivity contribution is 0.137. The number of nitrogens with zero attached hydrogens (tertiary/aromatic N) is 1. The summed E-state index contributed by atoms with van der Waals surface area (Å²) in [6.45, 7) is 6.62. The molecule has 0 aromatic carbocycles. The summed E-state index contributed by atoms with van der Waals surface area (Å²) in [5.74, 6) is 0. The van der Waals surface area contributed by atoms with Gasteiger partial charge in [0.1, 0.15) is 0 Å². The summed E-state index contributed by atoms with van der Waals surface area (Å²) in [5, 5.41) is 12.3. The average Bonchev–Trinajstić information content (AvgIpc) is 2.27. The molecule has 1 heterocycles. The van der Waals surface area contributed by atoms with Crippen molar-refractivity contribution in [2.75, 3.05) is 32.8 Å². The second-order valence-corrected chi connectivity index (χ2v) is 3.02. The fraction of sp³-hybridized carbons (Fsp3) is 1.00. The first-order valence-corrected chi connectivity index (χ1v) is 4.44. The highest BCUT2D eigenvalue weighted by Gasteiger charge is 2.17. The third-order valence-corrected chi connectivity index (χ3v) is 2.31. The van der Waals surface area contributed by atoms with Crippen molar-refractivity contribution in [3.05, 3.63) is 0 Å². The van der Waals surface area contributed by atoms with Crippen LogP contribution in [0.1, 0.15) is 13.3 Å². The molecule has 3 nitrogen and oxygen atoms in total. The fourth-order valence-electron chi connectivity index (χ4n) is 1.58. The van der Waals surface area contributed by atoms with E-state index < -0.39 is 0 Å². The Morgan fingerprint density at radius 2 is 2.45 bits per heavy atom. The highest BCUT2D eigenvalue weighted by molar-refractivity contribution is 4.75. The summed E-state index contributed by atoms with van der Waals surface area (Å²) < 4.78 is 0. The molecule has 0 aromatic heterocycles. The van der Waals surface area contributed by atoms with E-state index in [9.17, 15) is 0 Å². The molecule has 11 heavy (non-hydrogen) atoms. The van der Waals surface area contributed by atoms with Gasteiger partial charge in [-0.25, -0.2) is 0 Å². The lowest BCUT2D eigenvalue weighted by Gasteiger charge is -2.26. The highest BCUT2D eigenvalue weighted by atomic mass is 16.3. The summed E-state index contributed by atoms with van der Waals surface area (Å²) >= 11 is 0. The Bertz CT molecular complexity index is 96.3. The maximum Gasteiger partial charge on any atom is 0.0599 e. The lowest BCUT2D eigenvalue weighted by atomic mass is 10.2. The molecular formula is C8H18N2O. The number of hydrogen-bond donors (Lipinski definition) is 2. The van der Waals surface area contributed by atoms with E-state index >= 15 is 0 Å². The molecule has 1 fully saturated rings. The van der Waals surface area contributed by atoms with Crippen LogP contribution in [0, 0.1) is 0 Å². The fourth-order valence-corrected chi connectivity index (χ4v) is 1.58. The monoisotopic (exact) mass is 158 g/mol. The first-order chi connectivity index (χ1) is 5.38. The molecule has 3 heteroatoms. The van der Waals surface area contributed by atoms with E-state index in [-0.39, 0.29) is 6.61 Å². The van der Waals surface area contributed by atoms with Crippen molar-refractivity contribution in [1.82, 2.24) is 10.2 Å². The third-order valence-electron chi connectivity index (χ3n) is 2.31. The van der Waals surface area contributed by atoms with E-state index in [1.807, 2.05) is 0 Å². The Morgan fingerprint density at radius 1 is 1.64 bits per heavy atom. The van der Waals surface area contributed by atoms with Gasteiger partial charge in [0.25, 0.3) is 0 Å². The van der Waals surface area contributed by atoms with Crippen LogP contribution in [-0.4, -0.2) is 48.8 Å². The van der Waals surface area contributed by atoms with Gasteiger partial charge < -0.3 is 10.4 Å². The van der Waals surface area contributed by atoms with Crippen LogP contribution in [-0.2, 0) is 0 Å². The minimum absolute atomic E-state index is 0.279. The molecule has 1 saturated heterocycles. The van der Waals surface area contributed by atoms with E-state index in [0.717, 1.165) is 26.2 Å². The largest absolute Gasteiger partial charge is 0.395 e. The van der Waals surface area contributed by atoms with E-state index in [1.165, 1.54) is 6.42 Å². The molecule has 1 unspecified atom stereocenters. The molecule has 0 bridgehead atoms. The van der Waals surface area contributed by atoms with E-state index in [4.69, 9.17) is 5.11 Å². The maximum atomic E-state index is 9.04. The van der Waals surface area contributed by atoms with Gasteiger partial charge in [0, 0.05) is 12.6 Å². The molecule has 1 aliphatic rings. The van der Waals surface area contributed by atoms with Gasteiger partial charge in [-0.3, -0.25) is 4.90 Å². The molecular weight excluding hydrogens is 140 g/mol. The summed E-state index contributed by atoms with van der Waals surface area (Å²) in [7, 11) is 0. The van der Waals surface area contributed by atoms with Crippen molar-refractivity contribution in [3.8, 4) is 0 Å². The summed E-state index contributed by atoms with van der Waals surface area (Å²) in [6.07, 6.45) is 1.20. The molecule has 1 aliphatic heterocycles. The Hall–Kier alpha value is -0.120. The molecule has 0 spiro atoms. The number of aliphatic hydroxyl groups is 1. The van der Waals surface area contributed by atoms with Crippen LogP contribution in [0.25, 0.3) is 0 Å². The van der Waals surface area contributed by atoms with Gasteiger partial charge in [0.15, 0.2) is 0 Å². The van der Waals surface area contributed by atoms with E-state index in [0.29, 0.717) is 6.04 Å². The van der Waals surface area contributed by atoms with Crippen molar-refractivity contribution >= 4 is 0 Å². The maximum absolute atomic E-state index is 9.04. The molecule has 2 N–H and O–H groups in total. The third kappa shape index (κ3) is 2.43. The van der Waals surface area contributed by atoms with Gasteiger partial charge >= 0.3 is 0 Å². The van der Waals surface area contributed by atoms with Crippen molar-refractivity contribution in [2.24, 2.45) is 0 Å². The zero-order chi connectivity index (χ0) is 8.10. The number of nitrogens with one attached hydrogen (secondary N) is 1. The average molecular weight is 158 g/mol. The van der Waals surface area contributed by atoms with Gasteiger partial charge in [0.2, 0.25) is 0 Å². The van der Waals surface area contributed by atoms with Crippen LogP contribution in [0.3, 0.4) is 0 Å². The first kappa shape index (κ1) is 8.97. The van der Waals surface area contributed by atoms with Crippen molar-refractivity contribution in [2.45, 2.75) is 19.4 Å². The van der Waals surface area contributed by atoms with Crippen molar-refractivity contribution in [3.63, 3.8) is 0 Å². The lowest BCUT2D eigenvalue weighted by Crippen LogP contribution is -2.42. The standard InChI is InChI=1S/C8H18N2O/c1-2-10-5-3-4-9-6-8(10)7-11/h8-9,11H,2-7H2,1H3. The van der Waals surface area contributed by atoms with E-state index in [2.05, 4.69) is 17.1 Å². The number of aliphatic hydroxyl groups excluding tert-OH is 1. The molecule has 1 rings (SSSR count). The summed E-state index contributed by atoms with van der Waals surface area (Å²) in [4.78, 5) is 2.33. The summed E-state index contributed by atoms with van der Waals surface area (Å²) in [5.41, 5.74) is 0. The van der Waals surface area contributed by atoms with E-state index in [1.54, 1.807) is 0 Å². The van der Waals surface area contributed by atoms with Crippen LogP contribution in [0.2, 0.25) is 0 Å². The smallest absolute Gasteiger partial charge is 0.0599 e. The molecule has 1 atom stereocenters. The van der Waals surface area contributed by atoms with Crippen molar-refractivity contribution < 1.29 is 5.11 Å². The number of likely N-dealkylation sites (N-methyl/N-ethyl adjacent to an activating group) is 1. The second kappa shape index (κ2) is 4.70. The molecule has 0 radical (unpaired) electrons.